The standard InChI is InChI=1S/C59H94O6/c1-4-7-10-13-16-19-22-25-27-29-31-34-37-40-43-46-49-52-58(61)64-55-56(54-63-57(60)51-48-45-42-39-36-33-24-21-18-15-12-9-6-3)65-59(62)53-50-47-44-41-38-35-32-30-28-26-23-20-17-14-11-8-5-2/h9,12,15-16,18-19,21,24-28,31,33-34,36,39-40,42-43,56H,4-8,10-11,13-14,17,20,22-23,29-30,32,35,37-38,41,44-55H2,1-3H3/b12-9+,18-15+,19-16+,24-21+,27-25+,28-26+,34-31+,36-33+,42-39+,43-40+. The molecule has 0 fully saturated rings. The largest absolute Gasteiger partial charge is 0.462 e. The van der Waals surface area contributed by atoms with Gasteiger partial charge in [0, 0.05) is 19.3 Å². The van der Waals surface area contributed by atoms with E-state index in [0.29, 0.717) is 19.3 Å². The van der Waals surface area contributed by atoms with Crippen LogP contribution in [0.2, 0.25) is 0 Å². The van der Waals surface area contributed by atoms with E-state index < -0.39 is 6.10 Å². The number of esters is 3. The quantitative estimate of drug-likeness (QED) is 0.0199. The summed E-state index contributed by atoms with van der Waals surface area (Å²) in [7, 11) is 0. The minimum atomic E-state index is -0.834. The Morgan fingerprint density at radius 3 is 1.17 bits per heavy atom. The first-order valence-corrected chi connectivity index (χ1v) is 26.1. The molecule has 0 aliphatic carbocycles. The molecule has 0 N–H and O–H groups in total. The van der Waals surface area contributed by atoms with Crippen molar-refractivity contribution in [3.63, 3.8) is 0 Å². The first-order chi connectivity index (χ1) is 32.0. The lowest BCUT2D eigenvalue weighted by atomic mass is 10.1. The lowest BCUT2D eigenvalue weighted by molar-refractivity contribution is -0.167. The molecule has 1 atom stereocenters. The molecule has 0 bridgehead atoms. The third-order valence-electron chi connectivity index (χ3n) is 10.5. The predicted molar refractivity (Wildman–Crippen MR) is 279 cm³/mol. The number of hydrogen-bond acceptors (Lipinski definition) is 6. The number of hydrogen-bond donors (Lipinski definition) is 0. The van der Waals surface area contributed by atoms with Crippen molar-refractivity contribution in [2.24, 2.45) is 0 Å². The molecule has 0 rings (SSSR count). The van der Waals surface area contributed by atoms with E-state index in [1.54, 1.807) is 0 Å². The zero-order valence-electron chi connectivity index (χ0n) is 41.7. The third kappa shape index (κ3) is 50.7. The van der Waals surface area contributed by atoms with Crippen LogP contribution in [-0.2, 0) is 28.6 Å². The second kappa shape index (κ2) is 52.4. The topological polar surface area (TPSA) is 78.9 Å². The van der Waals surface area contributed by atoms with E-state index >= 15 is 0 Å². The van der Waals surface area contributed by atoms with Crippen LogP contribution in [0.1, 0.15) is 213 Å². The molecule has 0 amide bonds. The first-order valence-electron chi connectivity index (χ1n) is 26.1. The average Bonchev–Trinajstić information content (AvgIpc) is 3.30. The molecular formula is C59H94O6. The highest BCUT2D eigenvalue weighted by atomic mass is 16.6. The molecule has 6 nitrogen and oxygen atoms in total. The monoisotopic (exact) mass is 899 g/mol. The van der Waals surface area contributed by atoms with Crippen LogP contribution in [-0.4, -0.2) is 37.2 Å². The molecule has 65 heavy (non-hydrogen) atoms. The Morgan fingerprint density at radius 1 is 0.338 bits per heavy atom. The van der Waals surface area contributed by atoms with Crippen LogP contribution in [0.4, 0.5) is 0 Å². The molecule has 0 aromatic rings. The second-order valence-corrected chi connectivity index (χ2v) is 16.8. The van der Waals surface area contributed by atoms with Crippen LogP contribution in [0.15, 0.2) is 122 Å². The highest BCUT2D eigenvalue weighted by Gasteiger charge is 2.19. The van der Waals surface area contributed by atoms with E-state index in [1.165, 1.54) is 103 Å². The zero-order chi connectivity index (χ0) is 47.2. The van der Waals surface area contributed by atoms with Gasteiger partial charge in [-0.2, -0.15) is 0 Å². The fourth-order valence-electron chi connectivity index (χ4n) is 6.63. The van der Waals surface area contributed by atoms with Crippen LogP contribution >= 0.6 is 0 Å². The summed E-state index contributed by atoms with van der Waals surface area (Å²) in [5, 5.41) is 0. The molecule has 0 aromatic carbocycles. The lowest BCUT2D eigenvalue weighted by Crippen LogP contribution is -2.30. The van der Waals surface area contributed by atoms with Crippen molar-refractivity contribution in [3.05, 3.63) is 122 Å². The van der Waals surface area contributed by atoms with Gasteiger partial charge in [0.2, 0.25) is 0 Å². The number of carbonyl (C=O) groups excluding carboxylic acids is 3. The Balaban J connectivity index is 4.58. The van der Waals surface area contributed by atoms with Gasteiger partial charge in [-0.05, 0) is 96.3 Å². The maximum absolute atomic E-state index is 12.8. The van der Waals surface area contributed by atoms with Gasteiger partial charge in [0.15, 0.2) is 6.10 Å². The van der Waals surface area contributed by atoms with E-state index in [1.807, 2.05) is 54.7 Å². The molecule has 6 heteroatoms. The Kier molecular flexibility index (Phi) is 49.1. The molecule has 1 unspecified atom stereocenters. The SMILES string of the molecule is CC/C=C/C=C/C=C/C=C/C=C/CCCC(=O)OCC(COC(=O)CCC/C=C/C/C=C/C/C=C/C/C=C/CCCCC)OC(=O)CCCCCCCCC/C=C/CCCCCCCC. The summed E-state index contributed by atoms with van der Waals surface area (Å²) < 4.78 is 16.7. The molecular weight excluding hydrogens is 805 g/mol. The lowest BCUT2D eigenvalue weighted by Gasteiger charge is -2.18. The van der Waals surface area contributed by atoms with Crippen LogP contribution < -0.4 is 0 Å². The van der Waals surface area contributed by atoms with Crippen molar-refractivity contribution < 1.29 is 28.6 Å². The Morgan fingerprint density at radius 2 is 0.677 bits per heavy atom. The van der Waals surface area contributed by atoms with E-state index in [2.05, 4.69) is 87.6 Å². The summed E-state index contributed by atoms with van der Waals surface area (Å²) >= 11 is 0. The van der Waals surface area contributed by atoms with E-state index in [9.17, 15) is 14.4 Å². The molecule has 366 valence electrons. The van der Waals surface area contributed by atoms with Gasteiger partial charge in [-0.25, -0.2) is 0 Å². The van der Waals surface area contributed by atoms with E-state index in [4.69, 9.17) is 14.2 Å². The van der Waals surface area contributed by atoms with Crippen LogP contribution in [0.3, 0.4) is 0 Å². The fraction of sp³-hybridized carbons (Fsp3) is 0.610. The van der Waals surface area contributed by atoms with Crippen molar-refractivity contribution >= 4 is 17.9 Å². The predicted octanol–water partition coefficient (Wildman–Crippen LogP) is 17.3. The zero-order valence-corrected chi connectivity index (χ0v) is 41.7. The van der Waals surface area contributed by atoms with Crippen molar-refractivity contribution in [2.75, 3.05) is 13.2 Å². The van der Waals surface area contributed by atoms with E-state index in [-0.39, 0.29) is 44.0 Å². The van der Waals surface area contributed by atoms with Crippen LogP contribution in [0, 0.1) is 0 Å². The number of unbranched alkanes of at least 4 members (excludes halogenated alkanes) is 18. The number of allylic oxidation sites excluding steroid dienone is 20. The minimum Gasteiger partial charge on any atom is -0.462 e. The van der Waals surface area contributed by atoms with Gasteiger partial charge in [0.25, 0.3) is 0 Å². The van der Waals surface area contributed by atoms with Gasteiger partial charge in [-0.3, -0.25) is 14.4 Å². The maximum Gasteiger partial charge on any atom is 0.306 e. The number of carbonyl (C=O) groups is 3. The summed E-state index contributed by atoms with van der Waals surface area (Å²) in [6.45, 7) is 6.33. The summed E-state index contributed by atoms with van der Waals surface area (Å²) in [5.41, 5.74) is 0. The average molecular weight is 899 g/mol. The molecule has 0 spiro atoms. The first kappa shape index (κ1) is 60.8. The maximum atomic E-state index is 12.8. The third-order valence-corrected chi connectivity index (χ3v) is 10.5. The Hall–Kier alpha value is -4.19. The van der Waals surface area contributed by atoms with Gasteiger partial charge in [-0.1, -0.05) is 219 Å². The fourth-order valence-corrected chi connectivity index (χ4v) is 6.63. The molecule has 0 aromatic heterocycles. The van der Waals surface area contributed by atoms with Crippen LogP contribution in [0.25, 0.3) is 0 Å². The van der Waals surface area contributed by atoms with Gasteiger partial charge < -0.3 is 14.2 Å². The molecule has 0 saturated heterocycles. The van der Waals surface area contributed by atoms with Gasteiger partial charge in [0.05, 0.1) is 0 Å². The normalized spacial score (nSPS) is 13.1. The van der Waals surface area contributed by atoms with Crippen molar-refractivity contribution in [1.82, 2.24) is 0 Å². The number of ether oxygens (including phenoxy) is 3. The molecule has 0 aliphatic rings. The van der Waals surface area contributed by atoms with Crippen molar-refractivity contribution in [1.29, 1.82) is 0 Å². The van der Waals surface area contributed by atoms with Gasteiger partial charge in [0.1, 0.15) is 13.2 Å². The Labute approximate surface area is 399 Å². The summed E-state index contributed by atoms with van der Waals surface area (Å²) in [6, 6.07) is 0. The number of rotatable bonds is 45. The van der Waals surface area contributed by atoms with E-state index in [0.717, 1.165) is 57.8 Å². The van der Waals surface area contributed by atoms with Gasteiger partial charge >= 0.3 is 17.9 Å². The minimum absolute atomic E-state index is 0.134. The molecule has 0 aliphatic heterocycles. The summed E-state index contributed by atoms with van der Waals surface area (Å²) in [4.78, 5) is 37.9. The van der Waals surface area contributed by atoms with Crippen molar-refractivity contribution in [2.45, 2.75) is 219 Å². The highest BCUT2D eigenvalue weighted by molar-refractivity contribution is 5.71. The summed E-state index contributed by atoms with van der Waals surface area (Å²) in [5.74, 6) is -1.07. The van der Waals surface area contributed by atoms with Crippen molar-refractivity contribution in [3.8, 4) is 0 Å². The second-order valence-electron chi connectivity index (χ2n) is 16.8. The smallest absolute Gasteiger partial charge is 0.306 e. The molecule has 0 radical (unpaired) electrons. The van der Waals surface area contributed by atoms with Gasteiger partial charge in [-0.15, -0.1) is 0 Å². The highest BCUT2D eigenvalue weighted by Crippen LogP contribution is 2.13. The summed E-state index contributed by atoms with van der Waals surface area (Å²) in [6.07, 6.45) is 71.9. The molecule has 0 heterocycles. The Bertz CT molecular complexity index is 1400. The molecule has 0 saturated carbocycles. The van der Waals surface area contributed by atoms with Crippen LogP contribution in [0.5, 0.6) is 0 Å².